The molecule has 0 aromatic heterocycles. The number of carbonyl (C=O) groups is 1. The molecule has 1 saturated carbocycles. The molecular formula is C30H37IN2O3Si. The maximum atomic E-state index is 13.9. The minimum absolute atomic E-state index is 0.0575. The summed E-state index contributed by atoms with van der Waals surface area (Å²) in [5, 5.41) is 1.41. The predicted octanol–water partition coefficient (Wildman–Crippen LogP) is 5.20. The van der Waals surface area contributed by atoms with Crippen molar-refractivity contribution in [1.82, 2.24) is 4.90 Å². The lowest BCUT2D eigenvalue weighted by atomic mass is 9.61. The average Bonchev–Trinajstić information content (AvgIpc) is 3.43. The number of nitrogens with zero attached hydrogens (tertiary/aromatic N) is 2. The third kappa shape index (κ3) is 3.40. The summed E-state index contributed by atoms with van der Waals surface area (Å²) in [5.41, 5.74) is 2.31. The lowest BCUT2D eigenvalue weighted by Crippen LogP contribution is -2.78. The molecule has 1 amide bonds. The van der Waals surface area contributed by atoms with Crippen molar-refractivity contribution in [2.24, 2.45) is 0 Å². The van der Waals surface area contributed by atoms with Crippen LogP contribution in [0.2, 0.25) is 18.6 Å². The summed E-state index contributed by atoms with van der Waals surface area (Å²) >= 11 is 2.48. The first-order valence-corrected chi connectivity index (χ1v) is 17.6. The summed E-state index contributed by atoms with van der Waals surface area (Å²) in [5.74, 6) is -0.805. The van der Waals surface area contributed by atoms with Crippen molar-refractivity contribution in [1.29, 1.82) is 0 Å². The molecule has 5 nitrogen and oxygen atoms in total. The van der Waals surface area contributed by atoms with Crippen LogP contribution in [0.4, 0.5) is 5.69 Å². The van der Waals surface area contributed by atoms with E-state index in [9.17, 15) is 4.79 Å². The highest BCUT2D eigenvalue weighted by atomic mass is 127. The Balaban J connectivity index is 1.60. The van der Waals surface area contributed by atoms with Gasteiger partial charge in [0.25, 0.3) is 5.91 Å². The third-order valence-electron chi connectivity index (χ3n) is 9.91. The zero-order chi connectivity index (χ0) is 26.2. The number of anilines is 1. The predicted molar refractivity (Wildman–Crippen MR) is 159 cm³/mol. The molecule has 2 saturated heterocycles. The number of methoxy groups -OCH3 is 1. The van der Waals surface area contributed by atoms with Gasteiger partial charge in [-0.2, -0.15) is 0 Å². The van der Waals surface area contributed by atoms with E-state index in [1.165, 1.54) is 14.3 Å². The second kappa shape index (κ2) is 9.01. The SMILES string of the molecule is C/C=C(\I)CN1CC[C@@]23c4ccccc4N4C(=O)[C@@H](C)O[C@@](OC)([C@H]([Si](C)(C)c5ccccc5)C[C@H]12)[C@H]43. The molecule has 3 heterocycles. The van der Waals surface area contributed by atoms with Gasteiger partial charge in [0.2, 0.25) is 0 Å². The van der Waals surface area contributed by atoms with Gasteiger partial charge >= 0.3 is 0 Å². The van der Waals surface area contributed by atoms with E-state index in [2.05, 4.69) is 113 Å². The van der Waals surface area contributed by atoms with Crippen molar-refractivity contribution in [3.8, 4) is 0 Å². The lowest BCUT2D eigenvalue weighted by Gasteiger charge is -2.63. The van der Waals surface area contributed by atoms with Crippen molar-refractivity contribution in [2.45, 2.75) is 74.7 Å². The van der Waals surface area contributed by atoms with Crippen LogP contribution in [-0.2, 0) is 19.7 Å². The molecule has 1 spiro atoms. The molecule has 6 atom stereocenters. The second-order valence-electron chi connectivity index (χ2n) is 11.7. The van der Waals surface area contributed by atoms with Crippen LogP contribution in [0.15, 0.2) is 64.3 Å². The number of morpholine rings is 1. The topological polar surface area (TPSA) is 42.0 Å². The van der Waals surface area contributed by atoms with Crippen molar-refractivity contribution in [3.63, 3.8) is 0 Å². The summed E-state index contributed by atoms with van der Waals surface area (Å²) in [4.78, 5) is 18.7. The first-order valence-electron chi connectivity index (χ1n) is 13.5. The van der Waals surface area contributed by atoms with Crippen molar-refractivity contribution in [3.05, 3.63) is 69.8 Å². The summed E-state index contributed by atoms with van der Waals surface area (Å²) in [6.07, 6.45) is 3.66. The van der Waals surface area contributed by atoms with Gasteiger partial charge in [0.1, 0.15) is 12.1 Å². The maximum absolute atomic E-state index is 13.9. The first-order chi connectivity index (χ1) is 17.7. The fourth-order valence-corrected chi connectivity index (χ4v) is 12.3. The molecular weight excluding hydrogens is 591 g/mol. The highest BCUT2D eigenvalue weighted by molar-refractivity contribution is 14.1. The number of benzene rings is 2. The van der Waals surface area contributed by atoms with Gasteiger partial charge in [-0.25, -0.2) is 0 Å². The number of fused-ring (bicyclic) bond motifs is 2. The summed E-state index contributed by atoms with van der Waals surface area (Å²) in [6, 6.07) is 19.7. The van der Waals surface area contributed by atoms with E-state index >= 15 is 0 Å². The quantitative estimate of drug-likeness (QED) is 0.337. The molecule has 37 heavy (non-hydrogen) atoms. The van der Waals surface area contributed by atoms with Crippen molar-refractivity contribution >= 4 is 47.4 Å². The van der Waals surface area contributed by atoms with E-state index in [0.29, 0.717) is 6.04 Å². The van der Waals surface area contributed by atoms with E-state index in [1.807, 2.05) is 14.0 Å². The van der Waals surface area contributed by atoms with Gasteiger partial charge in [0.05, 0.1) is 8.07 Å². The Kier molecular flexibility index (Phi) is 6.27. The van der Waals surface area contributed by atoms with E-state index in [1.54, 1.807) is 0 Å². The van der Waals surface area contributed by atoms with Crippen molar-refractivity contribution < 1.29 is 14.3 Å². The number of carbonyl (C=O) groups excluding carboxylic acids is 1. The standard InChI is InChI=1S/C30H37IN2O3Si/c1-6-21(31)19-32-17-16-29-23-14-10-11-15-24(23)33-27(34)20(2)36-30(35-3,28(29)33)26(18-25(29)32)37(4,5)22-12-8-7-9-13-22/h6-15,20,25-26,28H,16-19H2,1-5H3/b21-6-/t20-,25+,26-,28-,29-,30+/m1/s1. The number of hydrogen-bond donors (Lipinski definition) is 0. The lowest BCUT2D eigenvalue weighted by molar-refractivity contribution is -0.285. The smallest absolute Gasteiger partial charge is 0.256 e. The number of allylic oxidation sites excluding steroid dienone is 1. The van der Waals surface area contributed by atoms with Crippen molar-refractivity contribution in [2.75, 3.05) is 25.1 Å². The number of likely N-dealkylation sites (tertiary alicyclic amines) is 1. The normalized spacial score (nSPS) is 35.4. The van der Waals surface area contributed by atoms with E-state index < -0.39 is 20.0 Å². The Bertz CT molecular complexity index is 1250. The minimum Gasteiger partial charge on any atom is -0.351 e. The summed E-state index contributed by atoms with van der Waals surface area (Å²) in [6.45, 7) is 10.9. The van der Waals surface area contributed by atoms with Crippen LogP contribution in [0, 0.1) is 0 Å². The molecule has 3 aliphatic heterocycles. The molecule has 196 valence electrons. The molecule has 6 rings (SSSR count). The monoisotopic (exact) mass is 628 g/mol. The number of ether oxygens (including phenoxy) is 2. The van der Waals surface area contributed by atoms with Gasteiger partial charge in [0, 0.05) is 39.9 Å². The van der Waals surface area contributed by atoms with Crippen LogP contribution in [0.25, 0.3) is 0 Å². The van der Waals surface area contributed by atoms with Crippen LogP contribution < -0.4 is 10.1 Å². The molecule has 7 heteroatoms. The fourth-order valence-electron chi connectivity index (χ4n) is 8.24. The van der Waals surface area contributed by atoms with Gasteiger partial charge in [-0.3, -0.25) is 9.69 Å². The third-order valence-corrected chi connectivity index (χ3v) is 15.1. The summed E-state index contributed by atoms with van der Waals surface area (Å²) < 4.78 is 14.9. The van der Waals surface area contributed by atoms with Gasteiger partial charge in [-0.1, -0.05) is 72.9 Å². The molecule has 0 unspecified atom stereocenters. The molecule has 1 aliphatic carbocycles. The minimum atomic E-state index is -2.14. The van der Waals surface area contributed by atoms with Crippen LogP contribution in [0.5, 0.6) is 0 Å². The molecule has 4 aliphatic rings. The van der Waals surface area contributed by atoms with Crippen LogP contribution in [-0.4, -0.2) is 63.1 Å². The van der Waals surface area contributed by atoms with Gasteiger partial charge in [0.15, 0.2) is 5.79 Å². The van der Waals surface area contributed by atoms with Gasteiger partial charge in [-0.05, 0) is 67.5 Å². The average molecular weight is 629 g/mol. The van der Waals surface area contributed by atoms with Crippen LogP contribution in [0.3, 0.4) is 0 Å². The Labute approximate surface area is 235 Å². The second-order valence-corrected chi connectivity index (χ2v) is 17.8. The summed E-state index contributed by atoms with van der Waals surface area (Å²) in [7, 11) is -0.324. The number of rotatable bonds is 5. The van der Waals surface area contributed by atoms with E-state index in [4.69, 9.17) is 9.47 Å². The molecule has 0 bridgehead atoms. The Morgan fingerprint density at radius 1 is 1.19 bits per heavy atom. The Morgan fingerprint density at radius 3 is 2.59 bits per heavy atom. The largest absolute Gasteiger partial charge is 0.351 e. The van der Waals surface area contributed by atoms with Crippen LogP contribution >= 0.6 is 22.6 Å². The molecule has 0 N–H and O–H groups in total. The molecule has 2 aromatic rings. The molecule has 2 aromatic carbocycles. The maximum Gasteiger partial charge on any atom is 0.256 e. The first kappa shape index (κ1) is 25.7. The fraction of sp³-hybridized carbons (Fsp3) is 0.500. The number of para-hydroxylation sites is 1. The Hall–Kier alpha value is -1.52. The highest BCUT2D eigenvalue weighted by Gasteiger charge is 2.76. The van der Waals surface area contributed by atoms with E-state index in [-0.39, 0.29) is 22.9 Å². The van der Waals surface area contributed by atoms with Gasteiger partial charge in [-0.15, -0.1) is 0 Å². The number of hydrogen-bond acceptors (Lipinski definition) is 4. The number of halogens is 1. The van der Waals surface area contributed by atoms with Gasteiger partial charge < -0.3 is 14.4 Å². The zero-order valence-electron chi connectivity index (χ0n) is 22.4. The van der Waals surface area contributed by atoms with E-state index in [0.717, 1.165) is 31.6 Å². The molecule has 3 fully saturated rings. The Morgan fingerprint density at radius 2 is 1.89 bits per heavy atom. The molecule has 0 radical (unpaired) electrons. The van der Waals surface area contributed by atoms with Crippen LogP contribution in [0.1, 0.15) is 32.3 Å². The zero-order valence-corrected chi connectivity index (χ0v) is 25.6. The number of amides is 1. The highest BCUT2D eigenvalue weighted by Crippen LogP contribution is 2.66.